The molecule has 10 heteroatoms. The van der Waals surface area contributed by atoms with E-state index in [0.29, 0.717) is 22.5 Å². The van der Waals surface area contributed by atoms with E-state index in [2.05, 4.69) is 10.6 Å². The molecule has 0 atom stereocenters. The lowest BCUT2D eigenvalue weighted by Crippen LogP contribution is -2.31. The smallest absolute Gasteiger partial charge is 0.348 e. The number of nitrogens with zero attached hydrogens (tertiary/aromatic N) is 2. The van der Waals surface area contributed by atoms with E-state index in [0.717, 1.165) is 12.1 Å². The summed E-state index contributed by atoms with van der Waals surface area (Å²) < 4.78 is 39.7. The molecule has 0 saturated carbocycles. The van der Waals surface area contributed by atoms with Gasteiger partial charge >= 0.3 is 6.18 Å². The number of nitriles is 1. The number of nitrogens with one attached hydrogen (secondary N) is 2. The van der Waals surface area contributed by atoms with Crippen molar-refractivity contribution in [3.05, 3.63) is 98.5 Å². The van der Waals surface area contributed by atoms with E-state index in [1.54, 1.807) is 19.9 Å². The molecule has 35 heavy (non-hydrogen) atoms. The summed E-state index contributed by atoms with van der Waals surface area (Å²) in [5, 5.41) is 14.3. The van der Waals surface area contributed by atoms with Gasteiger partial charge in [-0.3, -0.25) is 14.4 Å². The Morgan fingerprint density at radius 2 is 1.74 bits per heavy atom. The highest BCUT2D eigenvalue weighted by Gasteiger charge is 2.30. The molecule has 2 N–H and O–H groups in total. The Balaban J connectivity index is 1.61. The van der Waals surface area contributed by atoms with Crippen LogP contribution >= 0.6 is 0 Å². The Kier molecular flexibility index (Phi) is 7.40. The van der Waals surface area contributed by atoms with E-state index < -0.39 is 29.1 Å². The number of benzene rings is 2. The molecule has 3 aromatic rings. The summed E-state index contributed by atoms with van der Waals surface area (Å²) in [6.07, 6.45) is -4.47. The van der Waals surface area contributed by atoms with Crippen molar-refractivity contribution in [3.63, 3.8) is 0 Å². The van der Waals surface area contributed by atoms with Crippen molar-refractivity contribution in [2.24, 2.45) is 0 Å². The monoisotopic (exact) mass is 482 g/mol. The Hall–Kier alpha value is -4.39. The van der Waals surface area contributed by atoms with Crippen LogP contribution in [0.1, 0.15) is 38.3 Å². The zero-order valence-electron chi connectivity index (χ0n) is 18.9. The standard InChI is InChI=1S/C25H21F3N4O3/c1-15-10-16(2)32(24(35)21(15)12-29)14-22(33)31-20-8-6-18(7-9-20)23(34)30-13-17-4-3-5-19(11-17)25(26,27)28/h3-11H,13-14H2,1-2H3,(H,30,34)(H,31,33). The third-order valence-corrected chi connectivity index (χ3v) is 5.26. The second-order valence-electron chi connectivity index (χ2n) is 7.85. The molecule has 7 nitrogen and oxygen atoms in total. The zero-order chi connectivity index (χ0) is 25.8. The maximum Gasteiger partial charge on any atom is 0.416 e. The fraction of sp³-hybridized carbons (Fsp3) is 0.200. The van der Waals surface area contributed by atoms with E-state index in [9.17, 15) is 27.6 Å². The molecule has 0 unspecified atom stereocenters. The lowest BCUT2D eigenvalue weighted by Gasteiger charge is -2.12. The second-order valence-corrected chi connectivity index (χ2v) is 7.85. The average molecular weight is 482 g/mol. The third-order valence-electron chi connectivity index (χ3n) is 5.26. The molecule has 0 aliphatic carbocycles. The van der Waals surface area contributed by atoms with Crippen LogP contribution in [0.15, 0.2) is 59.4 Å². The number of pyridine rings is 1. The number of halogens is 3. The largest absolute Gasteiger partial charge is 0.416 e. The van der Waals surface area contributed by atoms with Crippen LogP contribution in [0.3, 0.4) is 0 Å². The van der Waals surface area contributed by atoms with Crippen LogP contribution in [-0.4, -0.2) is 16.4 Å². The number of carbonyl (C=O) groups is 2. The van der Waals surface area contributed by atoms with Crippen molar-refractivity contribution in [2.75, 3.05) is 5.32 Å². The van der Waals surface area contributed by atoms with Crippen molar-refractivity contribution < 1.29 is 22.8 Å². The molecular weight excluding hydrogens is 461 g/mol. The van der Waals surface area contributed by atoms with Crippen LogP contribution < -0.4 is 16.2 Å². The molecule has 180 valence electrons. The highest BCUT2D eigenvalue weighted by molar-refractivity contribution is 5.95. The number of carbonyl (C=O) groups excluding carboxylic acids is 2. The zero-order valence-corrected chi connectivity index (χ0v) is 18.9. The van der Waals surface area contributed by atoms with E-state index >= 15 is 0 Å². The number of aryl methyl sites for hydroxylation is 2. The van der Waals surface area contributed by atoms with Crippen molar-refractivity contribution >= 4 is 17.5 Å². The maximum absolute atomic E-state index is 12.8. The topological polar surface area (TPSA) is 104 Å². The number of rotatable bonds is 6. The Labute approximate surface area is 198 Å². The van der Waals surface area contributed by atoms with Crippen LogP contribution in [0.2, 0.25) is 0 Å². The number of hydrogen-bond donors (Lipinski definition) is 2. The van der Waals surface area contributed by atoms with Gasteiger partial charge in [-0.2, -0.15) is 18.4 Å². The van der Waals surface area contributed by atoms with Crippen molar-refractivity contribution in [1.29, 1.82) is 5.26 Å². The van der Waals surface area contributed by atoms with Crippen molar-refractivity contribution in [2.45, 2.75) is 33.1 Å². The second kappa shape index (κ2) is 10.3. The summed E-state index contributed by atoms with van der Waals surface area (Å²) in [5.74, 6) is -0.990. The quantitative estimate of drug-likeness (QED) is 0.556. The summed E-state index contributed by atoms with van der Waals surface area (Å²) >= 11 is 0. The SMILES string of the molecule is Cc1cc(C)n(CC(=O)Nc2ccc(C(=O)NCc3cccc(C(F)(F)F)c3)cc2)c(=O)c1C#N. The van der Waals surface area contributed by atoms with Crippen LogP contribution in [-0.2, 0) is 24.1 Å². The molecule has 3 rings (SSSR count). The molecule has 0 saturated heterocycles. The lowest BCUT2D eigenvalue weighted by molar-refractivity contribution is -0.137. The van der Waals surface area contributed by atoms with Gasteiger partial charge in [0.1, 0.15) is 18.2 Å². The highest BCUT2D eigenvalue weighted by Crippen LogP contribution is 2.29. The van der Waals surface area contributed by atoms with Crippen LogP contribution in [0, 0.1) is 25.2 Å². The first-order valence-corrected chi connectivity index (χ1v) is 10.4. The molecule has 0 bridgehead atoms. The molecule has 1 aromatic heterocycles. The minimum atomic E-state index is -4.47. The number of anilines is 1. The number of hydrogen-bond acceptors (Lipinski definition) is 4. The Bertz CT molecular complexity index is 1370. The van der Waals surface area contributed by atoms with Gasteiger partial charge in [-0.1, -0.05) is 12.1 Å². The fourth-order valence-corrected chi connectivity index (χ4v) is 3.45. The molecule has 0 aliphatic rings. The first-order valence-electron chi connectivity index (χ1n) is 10.4. The minimum Gasteiger partial charge on any atom is -0.348 e. The predicted molar refractivity (Wildman–Crippen MR) is 123 cm³/mol. The fourth-order valence-electron chi connectivity index (χ4n) is 3.45. The number of aromatic nitrogens is 1. The van der Waals surface area contributed by atoms with Crippen LogP contribution in [0.25, 0.3) is 0 Å². The maximum atomic E-state index is 12.8. The van der Waals surface area contributed by atoms with E-state index in [1.807, 2.05) is 6.07 Å². The van der Waals surface area contributed by atoms with Gasteiger partial charge in [-0.15, -0.1) is 0 Å². The summed E-state index contributed by atoms with van der Waals surface area (Å²) in [7, 11) is 0. The first-order chi connectivity index (χ1) is 16.5. The molecule has 2 aromatic carbocycles. The summed E-state index contributed by atoms with van der Waals surface area (Å²) in [6.45, 7) is 2.93. The summed E-state index contributed by atoms with van der Waals surface area (Å²) in [5.41, 5.74) is 0.636. The van der Waals surface area contributed by atoms with Crippen molar-refractivity contribution in [3.8, 4) is 6.07 Å². The lowest BCUT2D eigenvalue weighted by atomic mass is 10.1. The van der Waals surface area contributed by atoms with E-state index in [-0.39, 0.29) is 24.2 Å². The van der Waals surface area contributed by atoms with Gasteiger partial charge < -0.3 is 15.2 Å². The third kappa shape index (κ3) is 6.14. The minimum absolute atomic E-state index is 0.0242. The Morgan fingerprint density at radius 3 is 2.37 bits per heavy atom. The summed E-state index contributed by atoms with van der Waals surface area (Å²) in [6, 6.07) is 14.1. The van der Waals surface area contributed by atoms with Crippen LogP contribution in [0.5, 0.6) is 0 Å². The van der Waals surface area contributed by atoms with Gasteiger partial charge in [-0.25, -0.2) is 0 Å². The van der Waals surface area contributed by atoms with Gasteiger partial charge in [-0.05, 0) is 67.4 Å². The predicted octanol–water partition coefficient (Wildman–Crippen LogP) is 3.92. The molecule has 0 radical (unpaired) electrons. The first kappa shape index (κ1) is 25.2. The van der Waals surface area contributed by atoms with Gasteiger partial charge in [0.15, 0.2) is 0 Å². The Morgan fingerprint density at radius 1 is 1.06 bits per heavy atom. The molecule has 0 aliphatic heterocycles. The van der Waals surface area contributed by atoms with Crippen molar-refractivity contribution in [1.82, 2.24) is 9.88 Å². The highest BCUT2D eigenvalue weighted by atomic mass is 19.4. The molecule has 0 fully saturated rings. The number of amides is 2. The van der Waals surface area contributed by atoms with Gasteiger partial charge in [0.2, 0.25) is 5.91 Å². The summed E-state index contributed by atoms with van der Waals surface area (Å²) in [4.78, 5) is 37.2. The normalized spacial score (nSPS) is 11.0. The number of alkyl halides is 3. The van der Waals surface area contributed by atoms with Gasteiger partial charge in [0.05, 0.1) is 5.56 Å². The van der Waals surface area contributed by atoms with E-state index in [4.69, 9.17) is 5.26 Å². The van der Waals surface area contributed by atoms with Gasteiger partial charge in [0.25, 0.3) is 11.5 Å². The molecule has 1 heterocycles. The van der Waals surface area contributed by atoms with E-state index in [1.165, 1.54) is 41.0 Å². The van der Waals surface area contributed by atoms with Crippen LogP contribution in [0.4, 0.5) is 18.9 Å². The average Bonchev–Trinajstić information content (AvgIpc) is 2.80. The van der Waals surface area contributed by atoms with Gasteiger partial charge in [0, 0.05) is 23.5 Å². The molecular formula is C25H21F3N4O3. The molecule has 0 spiro atoms. The molecule has 2 amide bonds.